The van der Waals surface area contributed by atoms with Crippen LogP contribution in [0, 0.1) is 0 Å². The minimum absolute atomic E-state index is 0.362. The summed E-state index contributed by atoms with van der Waals surface area (Å²) < 4.78 is 2.75. The van der Waals surface area contributed by atoms with E-state index in [4.69, 9.17) is 0 Å². The normalized spacial score (nSPS) is 10.9. The van der Waals surface area contributed by atoms with Crippen molar-refractivity contribution in [2.24, 2.45) is 0 Å². The molecule has 0 spiro atoms. The van der Waals surface area contributed by atoms with Gasteiger partial charge in [-0.3, -0.25) is 14.2 Å². The molecule has 4 heteroatoms. The largest absolute Gasteiger partial charge is 0.320 e. The zero-order valence-electron chi connectivity index (χ0n) is 12.7. The highest BCUT2D eigenvalue weighted by Gasteiger charge is 2.07. The lowest BCUT2D eigenvalue weighted by molar-refractivity contribution is 0.710. The van der Waals surface area contributed by atoms with Gasteiger partial charge in [0.1, 0.15) is 0 Å². The molecule has 110 valence electrons. The molecule has 0 bridgehead atoms. The predicted molar refractivity (Wildman–Crippen MR) is 85.2 cm³/mol. The number of hydrogen-bond acceptors (Lipinski definition) is 2. The van der Waals surface area contributed by atoms with Crippen molar-refractivity contribution < 1.29 is 0 Å². The molecule has 1 heterocycles. The Morgan fingerprint density at radius 3 is 2.24 bits per heavy atom. The first-order valence-corrected chi connectivity index (χ1v) is 6.97. The van der Waals surface area contributed by atoms with Gasteiger partial charge in [0.15, 0.2) is 0 Å². The van der Waals surface area contributed by atoms with Crippen molar-refractivity contribution in [1.82, 2.24) is 9.13 Å². The van der Waals surface area contributed by atoms with E-state index < -0.39 is 11.1 Å². The molecule has 1 aromatic heterocycles. The second-order valence-corrected chi connectivity index (χ2v) is 5.61. The maximum atomic E-state index is 12.2. The van der Waals surface area contributed by atoms with E-state index in [0.29, 0.717) is 18.2 Å². The van der Waals surface area contributed by atoms with E-state index in [0.717, 1.165) is 5.57 Å². The third kappa shape index (κ3) is 3.21. The van der Waals surface area contributed by atoms with E-state index in [2.05, 4.69) is 20.4 Å². The summed E-state index contributed by atoms with van der Waals surface area (Å²) in [5, 5.41) is 0. The monoisotopic (exact) mass is 284 g/mol. The van der Waals surface area contributed by atoms with Crippen molar-refractivity contribution in [2.45, 2.75) is 33.2 Å². The summed E-state index contributed by atoms with van der Waals surface area (Å²) in [5.41, 5.74) is 1.64. The van der Waals surface area contributed by atoms with Crippen LogP contribution in [0.3, 0.4) is 0 Å². The Labute approximate surface area is 124 Å². The van der Waals surface area contributed by atoms with E-state index in [1.807, 2.05) is 31.2 Å². The lowest BCUT2D eigenvalue weighted by Gasteiger charge is -2.10. The highest BCUT2D eigenvalue weighted by Crippen LogP contribution is 2.15. The SMILES string of the molecule is C=C(C)Cn1ccn(-c2ccc(C(C)C)cc2)c(=O)c1=O. The van der Waals surface area contributed by atoms with Gasteiger partial charge in [0.05, 0.1) is 0 Å². The van der Waals surface area contributed by atoms with E-state index in [9.17, 15) is 9.59 Å². The topological polar surface area (TPSA) is 44.0 Å². The molecule has 0 unspecified atom stereocenters. The van der Waals surface area contributed by atoms with Gasteiger partial charge in [-0.2, -0.15) is 0 Å². The minimum atomic E-state index is -0.545. The summed E-state index contributed by atoms with van der Waals surface area (Å²) >= 11 is 0. The average molecular weight is 284 g/mol. The van der Waals surface area contributed by atoms with Gasteiger partial charge >= 0.3 is 11.1 Å². The van der Waals surface area contributed by atoms with Crippen LogP contribution in [-0.4, -0.2) is 9.13 Å². The van der Waals surface area contributed by atoms with E-state index in [1.54, 1.807) is 12.4 Å². The van der Waals surface area contributed by atoms with E-state index in [-0.39, 0.29) is 0 Å². The molecule has 1 aromatic carbocycles. The summed E-state index contributed by atoms with van der Waals surface area (Å²) in [5.74, 6) is 0.430. The van der Waals surface area contributed by atoms with Crippen molar-refractivity contribution in [1.29, 1.82) is 0 Å². The fourth-order valence-electron chi connectivity index (χ4n) is 2.15. The molecule has 21 heavy (non-hydrogen) atoms. The van der Waals surface area contributed by atoms with Gasteiger partial charge < -0.3 is 4.57 Å². The quantitative estimate of drug-likeness (QED) is 0.640. The zero-order chi connectivity index (χ0) is 15.6. The number of nitrogens with zero attached hydrogens (tertiary/aromatic N) is 2. The fraction of sp³-hybridized carbons (Fsp3) is 0.294. The number of allylic oxidation sites excluding steroid dienone is 1. The van der Waals surface area contributed by atoms with Crippen LogP contribution in [0.1, 0.15) is 32.3 Å². The first-order valence-electron chi connectivity index (χ1n) is 6.97. The van der Waals surface area contributed by atoms with Crippen LogP contribution in [0.2, 0.25) is 0 Å². The van der Waals surface area contributed by atoms with Crippen LogP contribution in [-0.2, 0) is 6.54 Å². The number of aromatic nitrogens is 2. The van der Waals surface area contributed by atoms with Gasteiger partial charge in [-0.1, -0.05) is 38.1 Å². The second kappa shape index (κ2) is 5.95. The highest BCUT2D eigenvalue weighted by molar-refractivity contribution is 5.35. The molecule has 2 rings (SSSR count). The third-order valence-electron chi connectivity index (χ3n) is 3.34. The second-order valence-electron chi connectivity index (χ2n) is 5.61. The van der Waals surface area contributed by atoms with Crippen molar-refractivity contribution in [3.8, 4) is 5.69 Å². The van der Waals surface area contributed by atoms with Crippen LogP contribution in [0.4, 0.5) is 0 Å². The molecule has 0 amide bonds. The molecule has 0 atom stereocenters. The standard InChI is InChI=1S/C17H20N2O2/c1-12(2)11-18-9-10-19(17(21)16(18)20)15-7-5-14(6-8-15)13(3)4/h5-10,13H,1,11H2,2-4H3. The lowest BCUT2D eigenvalue weighted by atomic mass is 10.0. The molecule has 2 aromatic rings. The predicted octanol–water partition coefficient (Wildman–Crippen LogP) is 2.70. The molecule has 0 N–H and O–H groups in total. The summed E-state index contributed by atoms with van der Waals surface area (Å²) in [6.45, 7) is 10.2. The van der Waals surface area contributed by atoms with Crippen molar-refractivity contribution in [3.63, 3.8) is 0 Å². The Hall–Kier alpha value is -2.36. The van der Waals surface area contributed by atoms with Gasteiger partial charge in [0.25, 0.3) is 0 Å². The zero-order valence-corrected chi connectivity index (χ0v) is 12.7. The molecule has 0 aliphatic carbocycles. The van der Waals surface area contributed by atoms with Gasteiger partial charge in [0, 0.05) is 24.6 Å². The lowest BCUT2D eigenvalue weighted by Crippen LogP contribution is -2.40. The number of benzene rings is 1. The Kier molecular flexibility index (Phi) is 4.26. The van der Waals surface area contributed by atoms with E-state index in [1.165, 1.54) is 14.7 Å². The molecule has 0 saturated heterocycles. The van der Waals surface area contributed by atoms with Crippen molar-refractivity contribution in [2.75, 3.05) is 0 Å². The van der Waals surface area contributed by atoms with Gasteiger partial charge in [0.2, 0.25) is 0 Å². The van der Waals surface area contributed by atoms with Gasteiger partial charge in [-0.15, -0.1) is 0 Å². The van der Waals surface area contributed by atoms with Crippen molar-refractivity contribution in [3.05, 3.63) is 75.1 Å². The first-order chi connectivity index (χ1) is 9.90. The molecular formula is C17H20N2O2. The van der Waals surface area contributed by atoms with Crippen LogP contribution in [0.15, 0.2) is 58.4 Å². The Morgan fingerprint density at radius 1 is 1.10 bits per heavy atom. The molecule has 0 fully saturated rings. The van der Waals surface area contributed by atoms with Crippen LogP contribution in [0.25, 0.3) is 5.69 Å². The fourth-order valence-corrected chi connectivity index (χ4v) is 2.15. The van der Waals surface area contributed by atoms with E-state index >= 15 is 0 Å². The third-order valence-corrected chi connectivity index (χ3v) is 3.34. The smallest absolute Gasteiger partial charge is 0.305 e. The molecule has 0 radical (unpaired) electrons. The Balaban J connectivity index is 2.46. The maximum Gasteiger partial charge on any atom is 0.320 e. The Morgan fingerprint density at radius 2 is 1.71 bits per heavy atom. The first kappa shape index (κ1) is 15.0. The molecule has 4 nitrogen and oxygen atoms in total. The highest BCUT2D eigenvalue weighted by atomic mass is 16.2. The molecule has 0 saturated carbocycles. The van der Waals surface area contributed by atoms with Gasteiger partial charge in [-0.05, 0) is 30.5 Å². The maximum absolute atomic E-state index is 12.2. The molecular weight excluding hydrogens is 264 g/mol. The number of rotatable bonds is 4. The number of hydrogen-bond donors (Lipinski definition) is 0. The minimum Gasteiger partial charge on any atom is -0.305 e. The van der Waals surface area contributed by atoms with Crippen LogP contribution >= 0.6 is 0 Å². The Bertz CT molecular complexity index is 765. The average Bonchev–Trinajstić information content (AvgIpc) is 2.44. The van der Waals surface area contributed by atoms with Crippen LogP contribution < -0.4 is 11.1 Å². The summed E-state index contributed by atoms with van der Waals surface area (Å²) in [6.07, 6.45) is 3.24. The van der Waals surface area contributed by atoms with Crippen LogP contribution in [0.5, 0.6) is 0 Å². The van der Waals surface area contributed by atoms with Gasteiger partial charge in [-0.25, -0.2) is 0 Å². The molecule has 0 aliphatic heterocycles. The summed E-state index contributed by atoms with van der Waals surface area (Å²) in [4.78, 5) is 24.3. The summed E-state index contributed by atoms with van der Waals surface area (Å²) in [7, 11) is 0. The summed E-state index contributed by atoms with van der Waals surface area (Å²) in [6, 6.07) is 7.68. The van der Waals surface area contributed by atoms with Crippen molar-refractivity contribution >= 4 is 0 Å². The molecule has 0 aliphatic rings.